The molecule has 0 N–H and O–H groups in total. The summed E-state index contributed by atoms with van der Waals surface area (Å²) in [4.78, 5) is 0. The van der Waals surface area contributed by atoms with Crippen LogP contribution in [0.1, 0.15) is 17.7 Å². The third kappa shape index (κ3) is 1.75. The van der Waals surface area contributed by atoms with E-state index in [0.29, 0.717) is 0 Å². The van der Waals surface area contributed by atoms with E-state index in [4.69, 9.17) is 0 Å². The Bertz CT molecular complexity index is 932. The topological polar surface area (TPSA) is 0 Å². The highest BCUT2D eigenvalue weighted by Crippen LogP contribution is 2.39. The second-order valence-electron chi connectivity index (χ2n) is 5.19. The van der Waals surface area contributed by atoms with Gasteiger partial charge >= 0.3 is 0 Å². The minimum atomic E-state index is 0.279. The van der Waals surface area contributed by atoms with Crippen molar-refractivity contribution in [3.05, 3.63) is 60.2 Å². The fourth-order valence-electron chi connectivity index (χ4n) is 2.82. The standard InChI is InChI=1S/C18H14S2/c1-11(19)13-6-8-15-17(10-13)20-16-9-7-12-4-2-3-5-14(12)18(15)16/h2-11,19H,1H3. The molecule has 0 spiro atoms. The Morgan fingerprint density at radius 2 is 1.75 bits per heavy atom. The molecule has 4 aromatic rings. The summed E-state index contributed by atoms with van der Waals surface area (Å²) in [5.74, 6) is 0. The van der Waals surface area contributed by atoms with Gasteiger partial charge in [0.2, 0.25) is 0 Å². The Kier molecular flexibility index (Phi) is 2.76. The predicted molar refractivity (Wildman–Crippen MR) is 94.2 cm³/mol. The van der Waals surface area contributed by atoms with Crippen molar-refractivity contribution < 1.29 is 0 Å². The van der Waals surface area contributed by atoms with Crippen LogP contribution in [0, 0.1) is 0 Å². The zero-order chi connectivity index (χ0) is 13.7. The number of fused-ring (bicyclic) bond motifs is 5. The first kappa shape index (κ1) is 12.2. The van der Waals surface area contributed by atoms with E-state index in [1.165, 1.54) is 36.5 Å². The summed E-state index contributed by atoms with van der Waals surface area (Å²) < 4.78 is 2.72. The maximum absolute atomic E-state index is 4.54. The van der Waals surface area contributed by atoms with Gasteiger partial charge in [-0.25, -0.2) is 0 Å². The predicted octanol–water partition coefficient (Wildman–Crippen LogP) is 6.20. The highest BCUT2D eigenvalue weighted by molar-refractivity contribution is 7.80. The number of benzene rings is 3. The molecule has 1 aromatic heterocycles. The molecule has 98 valence electrons. The highest BCUT2D eigenvalue weighted by atomic mass is 32.1. The molecule has 0 amide bonds. The van der Waals surface area contributed by atoms with Crippen molar-refractivity contribution >= 4 is 54.9 Å². The molecule has 1 heterocycles. The molecule has 0 aliphatic carbocycles. The van der Waals surface area contributed by atoms with E-state index in [1.54, 1.807) is 0 Å². The molecular formula is C18H14S2. The maximum Gasteiger partial charge on any atom is 0.0361 e. The minimum Gasteiger partial charge on any atom is -0.171 e. The van der Waals surface area contributed by atoms with E-state index in [-0.39, 0.29) is 5.25 Å². The Labute approximate surface area is 127 Å². The SMILES string of the molecule is CC(S)c1ccc2c(c1)sc1ccc3ccccc3c12. The van der Waals surface area contributed by atoms with Gasteiger partial charge in [0.15, 0.2) is 0 Å². The van der Waals surface area contributed by atoms with Crippen LogP contribution in [-0.2, 0) is 0 Å². The van der Waals surface area contributed by atoms with Gasteiger partial charge in [-0.2, -0.15) is 12.6 Å². The average molecular weight is 294 g/mol. The molecule has 20 heavy (non-hydrogen) atoms. The molecule has 0 saturated heterocycles. The summed E-state index contributed by atoms with van der Waals surface area (Å²) in [6.07, 6.45) is 0. The first-order valence-electron chi connectivity index (χ1n) is 6.76. The lowest BCUT2D eigenvalue weighted by Crippen LogP contribution is -1.82. The molecule has 0 bridgehead atoms. The van der Waals surface area contributed by atoms with Gasteiger partial charge in [0.05, 0.1) is 0 Å². The molecule has 2 heteroatoms. The fraction of sp³-hybridized carbons (Fsp3) is 0.111. The van der Waals surface area contributed by atoms with Crippen molar-refractivity contribution in [2.45, 2.75) is 12.2 Å². The molecule has 0 saturated carbocycles. The molecule has 3 aromatic carbocycles. The lowest BCUT2D eigenvalue weighted by Gasteiger charge is -2.04. The van der Waals surface area contributed by atoms with E-state index in [2.05, 4.69) is 74.1 Å². The van der Waals surface area contributed by atoms with Crippen LogP contribution in [0.2, 0.25) is 0 Å². The molecule has 0 nitrogen and oxygen atoms in total. The van der Waals surface area contributed by atoms with E-state index in [0.717, 1.165) is 0 Å². The number of thiol groups is 1. The quantitative estimate of drug-likeness (QED) is 0.397. The van der Waals surface area contributed by atoms with Crippen LogP contribution in [-0.4, -0.2) is 0 Å². The monoisotopic (exact) mass is 294 g/mol. The van der Waals surface area contributed by atoms with Crippen LogP contribution in [0.15, 0.2) is 54.6 Å². The third-order valence-corrected chi connectivity index (χ3v) is 5.28. The van der Waals surface area contributed by atoms with E-state index < -0.39 is 0 Å². The van der Waals surface area contributed by atoms with Crippen molar-refractivity contribution in [3.8, 4) is 0 Å². The molecule has 0 aliphatic heterocycles. The number of hydrogen-bond donors (Lipinski definition) is 1. The van der Waals surface area contributed by atoms with Gasteiger partial charge in [0, 0.05) is 25.4 Å². The number of rotatable bonds is 1. The first-order chi connectivity index (χ1) is 9.74. The molecule has 1 atom stereocenters. The van der Waals surface area contributed by atoms with Gasteiger partial charge in [0.1, 0.15) is 0 Å². The van der Waals surface area contributed by atoms with Crippen LogP contribution in [0.25, 0.3) is 30.9 Å². The van der Waals surface area contributed by atoms with Gasteiger partial charge in [0.25, 0.3) is 0 Å². The Morgan fingerprint density at radius 3 is 2.60 bits per heavy atom. The lowest BCUT2D eigenvalue weighted by molar-refractivity contribution is 1.12. The lowest BCUT2D eigenvalue weighted by atomic mass is 10.0. The van der Waals surface area contributed by atoms with Crippen molar-refractivity contribution in [2.75, 3.05) is 0 Å². The van der Waals surface area contributed by atoms with Crippen LogP contribution >= 0.6 is 24.0 Å². The Balaban J connectivity index is 2.17. The van der Waals surface area contributed by atoms with E-state index >= 15 is 0 Å². The van der Waals surface area contributed by atoms with Gasteiger partial charge < -0.3 is 0 Å². The molecule has 1 unspecified atom stereocenters. The summed E-state index contributed by atoms with van der Waals surface area (Å²) in [7, 11) is 0. The normalized spacial score (nSPS) is 13.3. The van der Waals surface area contributed by atoms with Gasteiger partial charge in [-0.3, -0.25) is 0 Å². The maximum atomic E-state index is 4.54. The largest absolute Gasteiger partial charge is 0.171 e. The van der Waals surface area contributed by atoms with Crippen LogP contribution in [0.3, 0.4) is 0 Å². The first-order valence-corrected chi connectivity index (χ1v) is 8.09. The smallest absolute Gasteiger partial charge is 0.0361 e. The number of hydrogen-bond acceptors (Lipinski definition) is 2. The van der Waals surface area contributed by atoms with Crippen LogP contribution in [0.5, 0.6) is 0 Å². The third-order valence-electron chi connectivity index (χ3n) is 3.87. The Hall–Kier alpha value is -1.51. The minimum absolute atomic E-state index is 0.279. The fourth-order valence-corrected chi connectivity index (χ4v) is 4.15. The summed E-state index contributed by atoms with van der Waals surface area (Å²) in [5.41, 5.74) is 1.29. The van der Waals surface area contributed by atoms with Gasteiger partial charge in [-0.1, -0.05) is 42.5 Å². The zero-order valence-corrected chi connectivity index (χ0v) is 12.8. The molecule has 0 fully saturated rings. The zero-order valence-electron chi connectivity index (χ0n) is 11.1. The molecular weight excluding hydrogens is 280 g/mol. The van der Waals surface area contributed by atoms with E-state index in [9.17, 15) is 0 Å². The second-order valence-corrected chi connectivity index (χ2v) is 7.05. The second kappa shape index (κ2) is 4.51. The molecule has 0 radical (unpaired) electrons. The summed E-state index contributed by atoms with van der Waals surface area (Å²) in [5, 5.41) is 5.69. The summed E-state index contributed by atoms with van der Waals surface area (Å²) in [6, 6.07) is 19.8. The summed E-state index contributed by atoms with van der Waals surface area (Å²) in [6.45, 7) is 2.12. The number of thiophene rings is 1. The van der Waals surface area contributed by atoms with Gasteiger partial charge in [-0.05, 0) is 35.4 Å². The van der Waals surface area contributed by atoms with Gasteiger partial charge in [-0.15, -0.1) is 11.3 Å². The van der Waals surface area contributed by atoms with Crippen molar-refractivity contribution in [3.63, 3.8) is 0 Å². The molecule has 0 aliphatic rings. The van der Waals surface area contributed by atoms with Crippen molar-refractivity contribution in [1.29, 1.82) is 0 Å². The van der Waals surface area contributed by atoms with Crippen LogP contribution in [0.4, 0.5) is 0 Å². The molecule has 4 rings (SSSR count). The van der Waals surface area contributed by atoms with E-state index in [1.807, 2.05) is 11.3 Å². The van der Waals surface area contributed by atoms with Crippen molar-refractivity contribution in [1.82, 2.24) is 0 Å². The Morgan fingerprint density at radius 1 is 0.900 bits per heavy atom. The average Bonchev–Trinajstić information content (AvgIpc) is 2.85. The van der Waals surface area contributed by atoms with Crippen LogP contribution < -0.4 is 0 Å². The van der Waals surface area contributed by atoms with Crippen molar-refractivity contribution in [2.24, 2.45) is 0 Å². The summed E-state index contributed by atoms with van der Waals surface area (Å²) >= 11 is 6.41. The highest BCUT2D eigenvalue weighted by Gasteiger charge is 2.10.